The van der Waals surface area contributed by atoms with E-state index in [9.17, 15) is 9.59 Å². The zero-order valence-electron chi connectivity index (χ0n) is 14.4. The third-order valence-electron chi connectivity index (χ3n) is 3.79. The second-order valence-electron chi connectivity index (χ2n) is 5.86. The highest BCUT2D eigenvalue weighted by Gasteiger charge is 2.14. The number of hydrogen-bond donors (Lipinski definition) is 2. The van der Waals surface area contributed by atoms with E-state index in [1.807, 2.05) is 51.1 Å². The number of aromatic nitrogens is 3. The number of fused-ring (bicyclic) bond motifs is 1. The van der Waals surface area contributed by atoms with Gasteiger partial charge in [-0.3, -0.25) is 14.2 Å². The van der Waals surface area contributed by atoms with Gasteiger partial charge in [0.05, 0.1) is 11.3 Å². The van der Waals surface area contributed by atoms with Gasteiger partial charge in [0, 0.05) is 17.9 Å². The van der Waals surface area contributed by atoms with E-state index in [-0.39, 0.29) is 17.2 Å². The fourth-order valence-corrected chi connectivity index (χ4v) is 3.51. The minimum absolute atomic E-state index is 0.109. The fraction of sp³-hybridized carbons (Fsp3) is 0.278. The molecular formula is C18H20N4O2S. The van der Waals surface area contributed by atoms with Crippen molar-refractivity contribution in [2.75, 3.05) is 11.1 Å². The van der Waals surface area contributed by atoms with Crippen LogP contribution >= 0.6 is 11.8 Å². The van der Waals surface area contributed by atoms with Crippen LogP contribution in [0.1, 0.15) is 18.2 Å². The third kappa shape index (κ3) is 3.76. The van der Waals surface area contributed by atoms with Crippen LogP contribution in [0.2, 0.25) is 0 Å². The molecule has 7 heteroatoms. The molecule has 0 atom stereocenters. The molecule has 6 nitrogen and oxygen atoms in total. The Bertz CT molecular complexity index is 990. The number of hydrogen-bond acceptors (Lipinski definition) is 4. The molecule has 3 rings (SSSR count). The van der Waals surface area contributed by atoms with Crippen LogP contribution in [0, 0.1) is 13.8 Å². The van der Waals surface area contributed by atoms with Gasteiger partial charge >= 0.3 is 0 Å². The number of aryl methyl sites for hydroxylation is 2. The van der Waals surface area contributed by atoms with Crippen LogP contribution in [0.5, 0.6) is 0 Å². The summed E-state index contributed by atoms with van der Waals surface area (Å²) >= 11 is 1.27. The first kappa shape index (κ1) is 17.3. The molecule has 0 radical (unpaired) electrons. The highest BCUT2D eigenvalue weighted by Crippen LogP contribution is 2.19. The molecule has 130 valence electrons. The molecule has 1 amide bonds. The van der Waals surface area contributed by atoms with Crippen molar-refractivity contribution in [1.82, 2.24) is 14.5 Å². The number of nitrogens with one attached hydrogen (secondary N) is 2. The molecule has 0 spiro atoms. The molecule has 1 aromatic carbocycles. The second kappa shape index (κ2) is 7.14. The monoisotopic (exact) mass is 356 g/mol. The number of H-pyrrole nitrogens is 1. The number of aromatic amines is 1. The van der Waals surface area contributed by atoms with Gasteiger partial charge in [-0.05, 0) is 44.5 Å². The number of benzene rings is 1. The molecule has 0 bridgehead atoms. The van der Waals surface area contributed by atoms with Gasteiger partial charge in [0.15, 0.2) is 5.16 Å². The van der Waals surface area contributed by atoms with E-state index in [4.69, 9.17) is 0 Å². The average molecular weight is 356 g/mol. The van der Waals surface area contributed by atoms with E-state index < -0.39 is 0 Å². The molecule has 0 saturated heterocycles. The van der Waals surface area contributed by atoms with Crippen molar-refractivity contribution in [2.45, 2.75) is 32.5 Å². The first-order chi connectivity index (χ1) is 12.0. The number of amides is 1. The number of thioether (sulfide) groups is 1. The Morgan fingerprint density at radius 1 is 1.32 bits per heavy atom. The van der Waals surface area contributed by atoms with E-state index >= 15 is 0 Å². The molecule has 25 heavy (non-hydrogen) atoms. The van der Waals surface area contributed by atoms with E-state index in [0.29, 0.717) is 22.7 Å². The summed E-state index contributed by atoms with van der Waals surface area (Å²) in [6, 6.07) is 9.48. The lowest BCUT2D eigenvalue weighted by molar-refractivity contribution is -0.113. The minimum atomic E-state index is -0.127. The summed E-state index contributed by atoms with van der Waals surface area (Å²) in [5.41, 5.74) is 3.77. The number of rotatable bonds is 5. The summed E-state index contributed by atoms with van der Waals surface area (Å²) < 4.78 is 1.59. The van der Waals surface area contributed by atoms with Gasteiger partial charge in [-0.15, -0.1) is 0 Å². The van der Waals surface area contributed by atoms with Crippen molar-refractivity contribution in [1.29, 1.82) is 0 Å². The fourth-order valence-electron chi connectivity index (χ4n) is 2.65. The Hall–Kier alpha value is -2.54. The summed E-state index contributed by atoms with van der Waals surface area (Å²) in [7, 11) is 0. The molecule has 3 aromatic rings. The van der Waals surface area contributed by atoms with Crippen LogP contribution in [0.4, 0.5) is 5.69 Å². The van der Waals surface area contributed by atoms with Crippen LogP contribution in [0.3, 0.4) is 0 Å². The largest absolute Gasteiger partial charge is 0.353 e. The Morgan fingerprint density at radius 2 is 2.12 bits per heavy atom. The molecule has 2 heterocycles. The third-order valence-corrected chi connectivity index (χ3v) is 4.76. The van der Waals surface area contributed by atoms with Crippen molar-refractivity contribution >= 4 is 34.4 Å². The van der Waals surface area contributed by atoms with Crippen molar-refractivity contribution in [3.63, 3.8) is 0 Å². The van der Waals surface area contributed by atoms with Crippen LogP contribution in [-0.2, 0) is 11.3 Å². The summed E-state index contributed by atoms with van der Waals surface area (Å²) in [5, 5.41) is 3.42. The Kier molecular flexibility index (Phi) is 4.94. The van der Waals surface area contributed by atoms with Crippen molar-refractivity contribution < 1.29 is 4.79 Å². The predicted molar refractivity (Wildman–Crippen MR) is 101 cm³/mol. The van der Waals surface area contributed by atoms with Gasteiger partial charge in [0.1, 0.15) is 5.52 Å². The minimum Gasteiger partial charge on any atom is -0.353 e. The molecule has 0 aliphatic carbocycles. The number of anilines is 1. The Labute approximate surface area is 149 Å². The van der Waals surface area contributed by atoms with Crippen LogP contribution in [0.25, 0.3) is 11.0 Å². The van der Waals surface area contributed by atoms with Crippen molar-refractivity contribution in [3.05, 3.63) is 51.9 Å². The van der Waals surface area contributed by atoms with E-state index in [1.165, 1.54) is 11.8 Å². The number of carbonyl (C=O) groups is 1. The molecule has 2 aromatic heterocycles. The van der Waals surface area contributed by atoms with E-state index in [0.717, 1.165) is 16.9 Å². The molecular weight excluding hydrogens is 336 g/mol. The molecule has 0 aliphatic heterocycles. The van der Waals surface area contributed by atoms with E-state index in [1.54, 1.807) is 4.57 Å². The zero-order valence-corrected chi connectivity index (χ0v) is 15.2. The van der Waals surface area contributed by atoms with Gasteiger partial charge < -0.3 is 10.3 Å². The number of nitrogens with zero attached hydrogens (tertiary/aromatic N) is 2. The predicted octanol–water partition coefficient (Wildman–Crippen LogP) is 3.09. The highest BCUT2D eigenvalue weighted by molar-refractivity contribution is 7.99. The zero-order chi connectivity index (χ0) is 18.0. The van der Waals surface area contributed by atoms with Gasteiger partial charge in [0.25, 0.3) is 5.56 Å². The normalized spacial score (nSPS) is 11.0. The summed E-state index contributed by atoms with van der Waals surface area (Å²) in [6.45, 7) is 6.26. The maximum atomic E-state index is 12.5. The highest BCUT2D eigenvalue weighted by atomic mass is 32.2. The standard InChI is InChI=1S/C18H20N4O2S/c1-4-22-17(24)16-14(9-12(3)19-16)21-18(22)25-10-15(23)20-13-7-5-6-11(2)8-13/h5-9,19H,4,10H2,1-3H3,(H,20,23). The van der Waals surface area contributed by atoms with Gasteiger partial charge in [0.2, 0.25) is 5.91 Å². The molecule has 0 unspecified atom stereocenters. The van der Waals surface area contributed by atoms with Gasteiger partial charge in [-0.1, -0.05) is 23.9 Å². The lowest BCUT2D eigenvalue weighted by Gasteiger charge is -2.10. The van der Waals surface area contributed by atoms with E-state index in [2.05, 4.69) is 15.3 Å². The summed E-state index contributed by atoms with van der Waals surface area (Å²) in [4.78, 5) is 32.3. The summed E-state index contributed by atoms with van der Waals surface area (Å²) in [6.07, 6.45) is 0. The van der Waals surface area contributed by atoms with Crippen molar-refractivity contribution in [3.8, 4) is 0 Å². The smallest absolute Gasteiger partial charge is 0.278 e. The molecule has 0 fully saturated rings. The van der Waals surface area contributed by atoms with Gasteiger partial charge in [-0.25, -0.2) is 4.98 Å². The maximum Gasteiger partial charge on any atom is 0.278 e. The van der Waals surface area contributed by atoms with Crippen LogP contribution in [-0.4, -0.2) is 26.2 Å². The quantitative estimate of drug-likeness (QED) is 0.544. The SMILES string of the molecule is CCn1c(SCC(=O)Nc2cccc(C)c2)nc2cc(C)[nH]c2c1=O. The maximum absolute atomic E-state index is 12.5. The van der Waals surface area contributed by atoms with Crippen molar-refractivity contribution in [2.24, 2.45) is 0 Å². The lowest BCUT2D eigenvalue weighted by Crippen LogP contribution is -2.23. The summed E-state index contributed by atoms with van der Waals surface area (Å²) in [5.74, 6) is 0.0628. The topological polar surface area (TPSA) is 79.8 Å². The van der Waals surface area contributed by atoms with Gasteiger partial charge in [-0.2, -0.15) is 0 Å². The van der Waals surface area contributed by atoms with Crippen LogP contribution in [0.15, 0.2) is 40.3 Å². The second-order valence-corrected chi connectivity index (χ2v) is 6.81. The molecule has 2 N–H and O–H groups in total. The lowest BCUT2D eigenvalue weighted by atomic mass is 10.2. The number of carbonyl (C=O) groups excluding carboxylic acids is 1. The average Bonchev–Trinajstić information content (AvgIpc) is 2.94. The molecule has 0 saturated carbocycles. The first-order valence-electron chi connectivity index (χ1n) is 8.07. The first-order valence-corrected chi connectivity index (χ1v) is 9.06. The Morgan fingerprint density at radius 3 is 2.84 bits per heavy atom. The van der Waals surface area contributed by atoms with Crippen LogP contribution < -0.4 is 10.9 Å². The molecule has 0 aliphatic rings. The Balaban J connectivity index is 1.78.